The zero-order valence-electron chi connectivity index (χ0n) is 16.2. The van der Waals surface area contributed by atoms with Crippen molar-refractivity contribution in [1.82, 2.24) is 9.80 Å². The number of carbonyl (C=O) groups is 1. The maximum atomic E-state index is 12.7. The van der Waals surface area contributed by atoms with Crippen molar-refractivity contribution in [3.8, 4) is 0 Å². The molecule has 2 aliphatic heterocycles. The molecular weight excluding hydrogens is 326 g/mol. The SMILES string of the molecule is CCc1ccccc1NC(=O)C(C)N1CCN(CC2CCOCC2)CC1. The first kappa shape index (κ1) is 19.3. The van der Waals surface area contributed by atoms with Crippen molar-refractivity contribution < 1.29 is 9.53 Å². The van der Waals surface area contributed by atoms with Gasteiger partial charge >= 0.3 is 0 Å². The smallest absolute Gasteiger partial charge is 0.241 e. The van der Waals surface area contributed by atoms with Crippen LogP contribution in [-0.2, 0) is 16.0 Å². The third-order valence-electron chi connectivity index (χ3n) is 5.85. The largest absolute Gasteiger partial charge is 0.381 e. The molecule has 5 nitrogen and oxygen atoms in total. The summed E-state index contributed by atoms with van der Waals surface area (Å²) in [5.74, 6) is 0.880. The van der Waals surface area contributed by atoms with E-state index in [4.69, 9.17) is 4.74 Å². The summed E-state index contributed by atoms with van der Waals surface area (Å²) in [6.45, 7) is 11.2. The molecule has 26 heavy (non-hydrogen) atoms. The number of para-hydroxylation sites is 1. The van der Waals surface area contributed by atoms with Crippen molar-refractivity contribution in [2.75, 3.05) is 51.3 Å². The second kappa shape index (κ2) is 9.49. The molecule has 1 unspecified atom stereocenters. The van der Waals surface area contributed by atoms with E-state index < -0.39 is 0 Å². The van der Waals surface area contributed by atoms with Gasteiger partial charge < -0.3 is 15.0 Å². The number of hydrogen-bond acceptors (Lipinski definition) is 4. The van der Waals surface area contributed by atoms with Crippen LogP contribution in [0.4, 0.5) is 5.69 Å². The molecule has 3 rings (SSSR count). The Hall–Kier alpha value is -1.43. The number of hydrogen-bond donors (Lipinski definition) is 1. The topological polar surface area (TPSA) is 44.8 Å². The zero-order chi connectivity index (χ0) is 18.4. The van der Waals surface area contributed by atoms with Crippen molar-refractivity contribution in [3.63, 3.8) is 0 Å². The molecular formula is C21H33N3O2. The Bertz CT molecular complexity index is 578. The molecule has 2 heterocycles. The molecule has 2 fully saturated rings. The fourth-order valence-electron chi connectivity index (χ4n) is 3.98. The van der Waals surface area contributed by atoms with E-state index in [1.165, 1.54) is 24.9 Å². The lowest BCUT2D eigenvalue weighted by Crippen LogP contribution is -2.53. The van der Waals surface area contributed by atoms with E-state index in [2.05, 4.69) is 28.1 Å². The van der Waals surface area contributed by atoms with Crippen molar-refractivity contribution >= 4 is 11.6 Å². The third-order valence-corrected chi connectivity index (χ3v) is 5.85. The van der Waals surface area contributed by atoms with Gasteiger partial charge in [0.2, 0.25) is 5.91 Å². The van der Waals surface area contributed by atoms with Crippen LogP contribution in [0.25, 0.3) is 0 Å². The summed E-state index contributed by atoms with van der Waals surface area (Å²) in [6, 6.07) is 7.99. The van der Waals surface area contributed by atoms with Crippen LogP contribution in [0.2, 0.25) is 0 Å². The average Bonchev–Trinajstić information content (AvgIpc) is 2.69. The van der Waals surface area contributed by atoms with E-state index in [0.717, 1.165) is 57.4 Å². The van der Waals surface area contributed by atoms with Crippen LogP contribution in [0, 0.1) is 5.92 Å². The van der Waals surface area contributed by atoms with Gasteiger partial charge in [0.1, 0.15) is 0 Å². The first-order valence-corrected chi connectivity index (χ1v) is 10.1. The van der Waals surface area contributed by atoms with Gasteiger partial charge in [-0.3, -0.25) is 9.69 Å². The summed E-state index contributed by atoms with van der Waals surface area (Å²) in [4.78, 5) is 17.6. The Labute approximate surface area is 157 Å². The second-order valence-electron chi connectivity index (χ2n) is 7.57. The van der Waals surface area contributed by atoms with Crippen LogP contribution < -0.4 is 5.32 Å². The fraction of sp³-hybridized carbons (Fsp3) is 0.667. The van der Waals surface area contributed by atoms with Gasteiger partial charge in [-0.1, -0.05) is 25.1 Å². The van der Waals surface area contributed by atoms with E-state index in [1.54, 1.807) is 0 Å². The van der Waals surface area contributed by atoms with Crippen LogP contribution in [0.1, 0.15) is 32.3 Å². The summed E-state index contributed by atoms with van der Waals surface area (Å²) in [5, 5.41) is 3.13. The number of nitrogens with zero attached hydrogens (tertiary/aromatic N) is 2. The summed E-state index contributed by atoms with van der Waals surface area (Å²) in [7, 11) is 0. The van der Waals surface area contributed by atoms with Gasteiger partial charge in [0.05, 0.1) is 6.04 Å². The maximum absolute atomic E-state index is 12.7. The molecule has 0 radical (unpaired) electrons. The molecule has 0 saturated carbocycles. The molecule has 0 aliphatic carbocycles. The second-order valence-corrected chi connectivity index (χ2v) is 7.57. The Balaban J connectivity index is 1.46. The molecule has 5 heteroatoms. The number of ether oxygens (including phenoxy) is 1. The highest BCUT2D eigenvalue weighted by Crippen LogP contribution is 2.19. The summed E-state index contributed by atoms with van der Waals surface area (Å²) in [5.41, 5.74) is 2.14. The van der Waals surface area contributed by atoms with Gasteiger partial charge in [-0.25, -0.2) is 0 Å². The minimum Gasteiger partial charge on any atom is -0.381 e. The predicted molar refractivity (Wildman–Crippen MR) is 105 cm³/mol. The van der Waals surface area contributed by atoms with E-state index in [0.29, 0.717) is 0 Å². The van der Waals surface area contributed by atoms with Crippen LogP contribution in [0.3, 0.4) is 0 Å². The molecule has 2 saturated heterocycles. The molecule has 1 aromatic carbocycles. The van der Waals surface area contributed by atoms with E-state index >= 15 is 0 Å². The molecule has 0 spiro atoms. The van der Waals surface area contributed by atoms with Gasteiger partial charge in [-0.05, 0) is 43.7 Å². The molecule has 1 aromatic rings. The first-order chi connectivity index (χ1) is 12.7. The van der Waals surface area contributed by atoms with Crippen LogP contribution in [0.5, 0.6) is 0 Å². The maximum Gasteiger partial charge on any atom is 0.241 e. The molecule has 144 valence electrons. The Morgan fingerprint density at radius 2 is 1.88 bits per heavy atom. The lowest BCUT2D eigenvalue weighted by Gasteiger charge is -2.39. The molecule has 0 bridgehead atoms. The van der Waals surface area contributed by atoms with Crippen LogP contribution in [-0.4, -0.2) is 67.7 Å². The van der Waals surface area contributed by atoms with Crippen molar-refractivity contribution in [3.05, 3.63) is 29.8 Å². The normalized spacial score (nSPS) is 21.5. The zero-order valence-corrected chi connectivity index (χ0v) is 16.2. The minimum atomic E-state index is -0.0925. The number of aryl methyl sites for hydroxylation is 1. The number of piperazine rings is 1. The number of amides is 1. The lowest BCUT2D eigenvalue weighted by atomic mass is 9.99. The highest BCUT2D eigenvalue weighted by molar-refractivity contribution is 5.95. The predicted octanol–water partition coefficient (Wildman–Crippen LogP) is 2.62. The molecule has 1 atom stereocenters. The fourth-order valence-corrected chi connectivity index (χ4v) is 3.98. The van der Waals surface area contributed by atoms with Crippen molar-refractivity contribution in [2.45, 2.75) is 39.2 Å². The monoisotopic (exact) mass is 359 g/mol. The Morgan fingerprint density at radius 1 is 1.19 bits per heavy atom. The summed E-state index contributed by atoms with van der Waals surface area (Å²) < 4.78 is 5.46. The Kier molecular flexibility index (Phi) is 7.06. The number of carbonyl (C=O) groups excluding carboxylic acids is 1. The van der Waals surface area contributed by atoms with E-state index in [1.807, 2.05) is 25.1 Å². The van der Waals surface area contributed by atoms with Crippen molar-refractivity contribution in [2.24, 2.45) is 5.92 Å². The van der Waals surface area contributed by atoms with Crippen LogP contribution >= 0.6 is 0 Å². The van der Waals surface area contributed by atoms with Gasteiger partial charge in [0, 0.05) is 51.6 Å². The summed E-state index contributed by atoms with van der Waals surface area (Å²) >= 11 is 0. The van der Waals surface area contributed by atoms with Gasteiger partial charge in [-0.15, -0.1) is 0 Å². The number of nitrogens with one attached hydrogen (secondary N) is 1. The van der Waals surface area contributed by atoms with Crippen molar-refractivity contribution in [1.29, 1.82) is 0 Å². The number of rotatable bonds is 6. The van der Waals surface area contributed by atoms with E-state index in [9.17, 15) is 4.79 Å². The molecule has 1 amide bonds. The Morgan fingerprint density at radius 3 is 2.58 bits per heavy atom. The molecule has 2 aliphatic rings. The number of anilines is 1. The standard InChI is InChI=1S/C21H33N3O2/c1-3-19-6-4-5-7-20(19)22-21(25)17(2)24-12-10-23(11-13-24)16-18-8-14-26-15-9-18/h4-7,17-18H,3,8-16H2,1-2H3,(H,22,25). The quantitative estimate of drug-likeness (QED) is 0.848. The van der Waals surface area contributed by atoms with E-state index in [-0.39, 0.29) is 11.9 Å². The highest BCUT2D eigenvalue weighted by atomic mass is 16.5. The number of benzene rings is 1. The van der Waals surface area contributed by atoms with Gasteiger partial charge in [-0.2, -0.15) is 0 Å². The summed E-state index contributed by atoms with van der Waals surface area (Å²) in [6.07, 6.45) is 3.31. The minimum absolute atomic E-state index is 0.0925. The van der Waals surface area contributed by atoms with Crippen LogP contribution in [0.15, 0.2) is 24.3 Å². The van der Waals surface area contributed by atoms with Gasteiger partial charge in [0.25, 0.3) is 0 Å². The lowest BCUT2D eigenvalue weighted by molar-refractivity contribution is -0.121. The average molecular weight is 360 g/mol. The molecule has 1 N–H and O–H groups in total. The first-order valence-electron chi connectivity index (χ1n) is 10.1. The molecule has 0 aromatic heterocycles. The third kappa shape index (κ3) is 5.06. The van der Waals surface area contributed by atoms with Gasteiger partial charge in [0.15, 0.2) is 0 Å². The highest BCUT2D eigenvalue weighted by Gasteiger charge is 2.27.